The van der Waals surface area contributed by atoms with Gasteiger partial charge in [0.25, 0.3) is 0 Å². The van der Waals surface area contributed by atoms with E-state index in [0.717, 1.165) is 6.42 Å². The highest BCUT2D eigenvalue weighted by Gasteiger charge is 2.08. The summed E-state index contributed by atoms with van der Waals surface area (Å²) in [5, 5.41) is 11.3. The molecule has 19 heavy (non-hydrogen) atoms. The van der Waals surface area contributed by atoms with Gasteiger partial charge in [0, 0.05) is 6.92 Å². The number of ether oxygens (including phenoxy) is 1. The number of carboxylic acids is 1. The Labute approximate surface area is 111 Å². The van der Waals surface area contributed by atoms with Crippen molar-refractivity contribution >= 4 is 18.0 Å². The molecule has 0 saturated carbocycles. The maximum Gasteiger partial charge on any atom is 0.352 e. The third kappa shape index (κ3) is 5.25. The molecule has 0 radical (unpaired) electrons. The van der Waals surface area contributed by atoms with Crippen LogP contribution in [-0.2, 0) is 9.59 Å². The molecule has 0 bridgehead atoms. The maximum atomic E-state index is 11.0. The predicted molar refractivity (Wildman–Crippen MR) is 71.7 cm³/mol. The Morgan fingerprint density at radius 2 is 2.16 bits per heavy atom. The average molecular weight is 263 g/mol. The molecule has 1 aromatic carbocycles. The number of hydrogen-bond acceptors (Lipinski definition) is 3. The molecule has 0 fully saturated rings. The molecule has 2 N–H and O–H groups in total. The standard InChI is InChI=1S/C14H17NO4/c1-3-7-19-12-6-4-5-11(8-12)9-13(14(17)18)15-10(2)16/h4-6,8-9H,3,7H2,1-2H3,(H,15,16)(H,17,18)/b13-9+. The Morgan fingerprint density at radius 1 is 1.42 bits per heavy atom. The lowest BCUT2D eigenvalue weighted by Crippen LogP contribution is -2.24. The average Bonchev–Trinajstić information content (AvgIpc) is 2.35. The van der Waals surface area contributed by atoms with Crippen LogP contribution in [0.3, 0.4) is 0 Å². The van der Waals surface area contributed by atoms with Crippen molar-refractivity contribution in [3.63, 3.8) is 0 Å². The number of carboxylic acid groups (broad SMARTS) is 1. The van der Waals surface area contributed by atoms with Gasteiger partial charge in [-0.2, -0.15) is 0 Å². The fraction of sp³-hybridized carbons (Fsp3) is 0.286. The van der Waals surface area contributed by atoms with Crippen LogP contribution in [0.5, 0.6) is 5.75 Å². The van der Waals surface area contributed by atoms with Gasteiger partial charge in [-0.05, 0) is 30.2 Å². The summed E-state index contributed by atoms with van der Waals surface area (Å²) in [6, 6.07) is 7.03. The van der Waals surface area contributed by atoms with E-state index in [2.05, 4.69) is 5.32 Å². The molecule has 0 aromatic heterocycles. The molecule has 0 aliphatic rings. The highest BCUT2D eigenvalue weighted by atomic mass is 16.5. The summed E-state index contributed by atoms with van der Waals surface area (Å²) in [5.74, 6) is -0.940. The number of carbonyl (C=O) groups is 2. The largest absolute Gasteiger partial charge is 0.494 e. The van der Waals surface area contributed by atoms with Crippen LogP contribution in [0.15, 0.2) is 30.0 Å². The predicted octanol–water partition coefficient (Wildman–Crippen LogP) is 2.04. The number of nitrogens with one attached hydrogen (secondary N) is 1. The quantitative estimate of drug-likeness (QED) is 0.770. The molecular weight excluding hydrogens is 246 g/mol. The monoisotopic (exact) mass is 263 g/mol. The second kappa shape index (κ2) is 7.20. The van der Waals surface area contributed by atoms with E-state index in [4.69, 9.17) is 9.84 Å². The van der Waals surface area contributed by atoms with E-state index in [1.807, 2.05) is 6.92 Å². The lowest BCUT2D eigenvalue weighted by molar-refractivity contribution is -0.134. The number of aliphatic carboxylic acids is 1. The van der Waals surface area contributed by atoms with Crippen molar-refractivity contribution in [2.75, 3.05) is 6.61 Å². The van der Waals surface area contributed by atoms with Crippen molar-refractivity contribution in [2.24, 2.45) is 0 Å². The first kappa shape index (κ1) is 14.8. The zero-order chi connectivity index (χ0) is 14.3. The third-order valence-corrected chi connectivity index (χ3v) is 2.18. The number of rotatable bonds is 6. The fourth-order valence-electron chi connectivity index (χ4n) is 1.42. The zero-order valence-corrected chi connectivity index (χ0v) is 11.0. The summed E-state index contributed by atoms with van der Waals surface area (Å²) in [5.41, 5.74) is 0.486. The Balaban J connectivity index is 2.93. The van der Waals surface area contributed by atoms with Crippen LogP contribution in [0.4, 0.5) is 0 Å². The van der Waals surface area contributed by atoms with Gasteiger partial charge in [-0.3, -0.25) is 4.79 Å². The zero-order valence-electron chi connectivity index (χ0n) is 11.0. The molecule has 5 nitrogen and oxygen atoms in total. The molecule has 0 heterocycles. The van der Waals surface area contributed by atoms with Crippen LogP contribution in [-0.4, -0.2) is 23.6 Å². The van der Waals surface area contributed by atoms with Crippen LogP contribution in [0.2, 0.25) is 0 Å². The highest BCUT2D eigenvalue weighted by Crippen LogP contribution is 2.15. The van der Waals surface area contributed by atoms with Gasteiger partial charge in [0.2, 0.25) is 5.91 Å². The molecule has 0 spiro atoms. The minimum atomic E-state index is -1.19. The number of benzene rings is 1. The summed E-state index contributed by atoms with van der Waals surface area (Å²) in [6.45, 7) is 3.87. The van der Waals surface area contributed by atoms with E-state index in [-0.39, 0.29) is 5.70 Å². The molecule has 0 aliphatic heterocycles. The van der Waals surface area contributed by atoms with Gasteiger partial charge in [-0.15, -0.1) is 0 Å². The Hall–Kier alpha value is -2.30. The minimum absolute atomic E-state index is 0.167. The van der Waals surface area contributed by atoms with E-state index in [1.54, 1.807) is 24.3 Å². The number of amides is 1. The van der Waals surface area contributed by atoms with Crippen LogP contribution in [0.25, 0.3) is 6.08 Å². The molecule has 0 atom stereocenters. The Bertz CT molecular complexity index is 494. The second-order valence-electron chi connectivity index (χ2n) is 3.97. The van der Waals surface area contributed by atoms with Gasteiger partial charge in [0.15, 0.2) is 0 Å². The van der Waals surface area contributed by atoms with Gasteiger partial charge >= 0.3 is 5.97 Å². The number of hydrogen-bond donors (Lipinski definition) is 2. The fourth-order valence-corrected chi connectivity index (χ4v) is 1.42. The molecule has 0 unspecified atom stereocenters. The normalized spacial score (nSPS) is 10.9. The van der Waals surface area contributed by atoms with Gasteiger partial charge < -0.3 is 15.2 Å². The summed E-state index contributed by atoms with van der Waals surface area (Å²) in [4.78, 5) is 21.9. The first-order chi connectivity index (χ1) is 9.02. The Morgan fingerprint density at radius 3 is 2.74 bits per heavy atom. The van der Waals surface area contributed by atoms with E-state index in [0.29, 0.717) is 17.9 Å². The van der Waals surface area contributed by atoms with Crippen molar-refractivity contribution < 1.29 is 19.4 Å². The van der Waals surface area contributed by atoms with Gasteiger partial charge in [-0.25, -0.2) is 4.79 Å². The third-order valence-electron chi connectivity index (χ3n) is 2.18. The van der Waals surface area contributed by atoms with Gasteiger partial charge in [0.1, 0.15) is 11.4 Å². The lowest BCUT2D eigenvalue weighted by Gasteiger charge is -2.06. The molecule has 0 saturated heterocycles. The van der Waals surface area contributed by atoms with Gasteiger partial charge in [-0.1, -0.05) is 19.1 Å². The van der Waals surface area contributed by atoms with Crippen molar-refractivity contribution in [2.45, 2.75) is 20.3 Å². The van der Waals surface area contributed by atoms with E-state index in [9.17, 15) is 9.59 Å². The minimum Gasteiger partial charge on any atom is -0.494 e. The SMILES string of the molecule is CCCOc1cccc(/C=C(/NC(C)=O)C(=O)O)c1. The topological polar surface area (TPSA) is 75.6 Å². The maximum absolute atomic E-state index is 11.0. The van der Waals surface area contributed by atoms with E-state index in [1.165, 1.54) is 13.0 Å². The van der Waals surface area contributed by atoms with Crippen molar-refractivity contribution in [1.82, 2.24) is 5.32 Å². The van der Waals surface area contributed by atoms with E-state index < -0.39 is 11.9 Å². The second-order valence-corrected chi connectivity index (χ2v) is 3.97. The molecule has 1 aromatic rings. The first-order valence-corrected chi connectivity index (χ1v) is 5.98. The molecule has 102 valence electrons. The molecule has 1 amide bonds. The molecule has 0 aliphatic carbocycles. The van der Waals surface area contributed by atoms with Gasteiger partial charge in [0.05, 0.1) is 6.61 Å². The lowest BCUT2D eigenvalue weighted by atomic mass is 10.2. The number of carbonyl (C=O) groups excluding carboxylic acids is 1. The summed E-state index contributed by atoms with van der Waals surface area (Å²) in [7, 11) is 0. The summed E-state index contributed by atoms with van der Waals surface area (Å²) < 4.78 is 5.45. The first-order valence-electron chi connectivity index (χ1n) is 5.98. The van der Waals surface area contributed by atoms with Crippen molar-refractivity contribution in [1.29, 1.82) is 0 Å². The van der Waals surface area contributed by atoms with E-state index >= 15 is 0 Å². The van der Waals surface area contributed by atoms with Crippen molar-refractivity contribution in [3.8, 4) is 5.75 Å². The summed E-state index contributed by atoms with van der Waals surface area (Å²) >= 11 is 0. The van der Waals surface area contributed by atoms with Crippen LogP contribution in [0, 0.1) is 0 Å². The molecule has 5 heteroatoms. The van der Waals surface area contributed by atoms with Crippen LogP contribution < -0.4 is 10.1 Å². The van der Waals surface area contributed by atoms with Crippen molar-refractivity contribution in [3.05, 3.63) is 35.5 Å². The highest BCUT2D eigenvalue weighted by molar-refractivity contribution is 5.96. The van der Waals surface area contributed by atoms with Crippen LogP contribution >= 0.6 is 0 Å². The smallest absolute Gasteiger partial charge is 0.352 e. The molecule has 1 rings (SSSR count). The Kier molecular flexibility index (Phi) is 5.60. The summed E-state index contributed by atoms with van der Waals surface area (Å²) in [6.07, 6.45) is 2.29. The van der Waals surface area contributed by atoms with Crippen LogP contribution in [0.1, 0.15) is 25.8 Å². The molecular formula is C14H17NO4.